The molecule has 0 unspecified atom stereocenters. The van der Waals surface area contributed by atoms with Crippen LogP contribution in [0.5, 0.6) is 0 Å². The fourth-order valence-electron chi connectivity index (χ4n) is 7.39. The van der Waals surface area contributed by atoms with Gasteiger partial charge in [0, 0.05) is 74.4 Å². The summed E-state index contributed by atoms with van der Waals surface area (Å²) in [7, 11) is -4.50. The van der Waals surface area contributed by atoms with Gasteiger partial charge < -0.3 is 55.1 Å². The van der Waals surface area contributed by atoms with Gasteiger partial charge in [-0.15, -0.1) is 0 Å². The summed E-state index contributed by atoms with van der Waals surface area (Å²) in [4.78, 5) is 0. The van der Waals surface area contributed by atoms with E-state index < -0.39 is 28.5 Å². The van der Waals surface area contributed by atoms with Crippen molar-refractivity contribution in [2.24, 2.45) is 0 Å². The van der Waals surface area contributed by atoms with E-state index in [1.54, 1.807) is 74.4 Å². The van der Waals surface area contributed by atoms with Crippen LogP contribution in [-0.4, -0.2) is 145 Å². The van der Waals surface area contributed by atoms with E-state index in [-0.39, 0.29) is 21.1 Å². The summed E-state index contributed by atoms with van der Waals surface area (Å²) in [5.41, 5.74) is 0. The first-order chi connectivity index (χ1) is 31.8. The minimum absolute atomic E-state index is 0. The van der Waals surface area contributed by atoms with Crippen LogP contribution in [0.2, 0.25) is 0 Å². The van der Waals surface area contributed by atoms with Crippen molar-refractivity contribution in [3.63, 3.8) is 0 Å². The number of rotatable bonds is 12. The molecule has 0 radical (unpaired) electrons. The molecule has 24 nitrogen and oxygen atoms in total. The Morgan fingerprint density at radius 1 is 0.169 bits per heavy atom. The van der Waals surface area contributed by atoms with Crippen molar-refractivity contribution in [1.82, 2.24) is 116 Å². The van der Waals surface area contributed by atoms with Gasteiger partial charge in [0.2, 0.25) is 0 Å². The van der Waals surface area contributed by atoms with Crippen LogP contribution in [-0.2, 0) is 21.1 Å². The Morgan fingerprint density at radius 2 is 0.262 bits per heavy atom. The van der Waals surface area contributed by atoms with Crippen LogP contribution < -0.4 is 0 Å². The molecule has 0 saturated carbocycles. The van der Waals surface area contributed by atoms with Gasteiger partial charge >= 0.3 is 49.5 Å². The first-order valence-corrected chi connectivity index (χ1v) is 20.4. The second-order valence-corrected chi connectivity index (χ2v) is 14.2. The number of nitrogens with zero attached hydrogens (tertiary/aromatic N) is 24. The molecule has 0 fully saturated rings. The molecule has 0 aromatic carbocycles. The van der Waals surface area contributed by atoms with E-state index in [9.17, 15) is 0 Å². The van der Waals surface area contributed by atoms with Crippen LogP contribution >= 0.6 is 0 Å². The maximum absolute atomic E-state index is 4.26. The predicted molar refractivity (Wildman–Crippen MR) is 240 cm³/mol. The molecule has 0 spiro atoms. The molecule has 12 rings (SSSR count). The molecule has 65 heavy (non-hydrogen) atoms. The molecular weight excluding hydrogens is 908 g/mol. The topological polar surface area (TPSA) is 214 Å². The van der Waals surface area contributed by atoms with E-state index in [2.05, 4.69) is 61.2 Å². The van der Waals surface area contributed by atoms with Gasteiger partial charge in [-0.25, -0.2) is 61.2 Å². The van der Waals surface area contributed by atoms with Gasteiger partial charge in [0.05, 0.1) is 0 Å². The largest absolute Gasteiger partial charge is 4.00 e. The molecular formula is C36H40B4MoN24. The van der Waals surface area contributed by atoms with Crippen LogP contribution in [0.15, 0.2) is 222 Å². The average Bonchev–Trinajstić information content (AvgIpc) is 4.17. The molecule has 0 aliphatic rings. The van der Waals surface area contributed by atoms with Gasteiger partial charge in [0.15, 0.2) is 0 Å². The maximum Gasteiger partial charge on any atom is 4.00 e. The summed E-state index contributed by atoms with van der Waals surface area (Å²) in [5, 5.41) is 51.1. The zero-order valence-electron chi connectivity index (χ0n) is 34.8. The van der Waals surface area contributed by atoms with Gasteiger partial charge in [0.1, 0.15) is 0 Å². The molecule has 322 valence electrons. The first kappa shape index (κ1) is 43.1. The van der Waals surface area contributed by atoms with Crippen molar-refractivity contribution in [3.8, 4) is 0 Å². The van der Waals surface area contributed by atoms with Crippen molar-refractivity contribution < 1.29 is 21.1 Å². The van der Waals surface area contributed by atoms with E-state index >= 15 is 0 Å². The molecule has 12 aromatic rings. The monoisotopic (exact) mass is 950 g/mol. The third-order valence-electron chi connectivity index (χ3n) is 10.2. The molecule has 0 N–H and O–H groups in total. The van der Waals surface area contributed by atoms with Crippen molar-refractivity contribution in [1.29, 1.82) is 0 Å². The van der Waals surface area contributed by atoms with Gasteiger partial charge in [0.25, 0.3) is 0 Å². The fourth-order valence-corrected chi connectivity index (χ4v) is 7.39. The van der Waals surface area contributed by atoms with Crippen molar-refractivity contribution >= 4 is 28.5 Å². The van der Waals surface area contributed by atoms with Crippen LogP contribution in [0.4, 0.5) is 0 Å². The van der Waals surface area contributed by atoms with Crippen molar-refractivity contribution in [3.05, 3.63) is 222 Å². The number of hydrogen-bond acceptors (Lipinski definition) is 12. The zero-order valence-corrected chi connectivity index (χ0v) is 36.8. The third-order valence-corrected chi connectivity index (χ3v) is 10.2. The summed E-state index contributed by atoms with van der Waals surface area (Å²) in [6.45, 7) is 0. The first-order valence-electron chi connectivity index (χ1n) is 20.4. The Hall–Kier alpha value is -8.53. The molecule has 29 heteroatoms. The summed E-state index contributed by atoms with van der Waals surface area (Å²) >= 11 is 0. The van der Waals surface area contributed by atoms with Gasteiger partial charge in [-0.3, -0.25) is 0 Å². The van der Waals surface area contributed by atoms with Gasteiger partial charge in [-0.05, 0) is 147 Å². The quantitative estimate of drug-likeness (QED) is 0.145. The van der Waals surface area contributed by atoms with Crippen molar-refractivity contribution in [2.75, 3.05) is 0 Å². The predicted octanol–water partition coefficient (Wildman–Crippen LogP) is -0.250. The Bertz CT molecular complexity index is 2200. The molecule has 0 aliphatic heterocycles. The second-order valence-electron chi connectivity index (χ2n) is 14.2. The second kappa shape index (κ2) is 21.5. The molecule has 0 bridgehead atoms. The molecule has 0 amide bonds. The minimum Gasteiger partial charge on any atom is -0.403 e. The Kier molecular flexibility index (Phi) is 14.3. The van der Waals surface area contributed by atoms with Crippen LogP contribution in [0.1, 0.15) is 0 Å². The molecule has 12 aromatic heterocycles. The van der Waals surface area contributed by atoms with Crippen LogP contribution in [0, 0.1) is 0 Å². The smallest absolute Gasteiger partial charge is 0.403 e. The van der Waals surface area contributed by atoms with E-state index in [0.717, 1.165) is 0 Å². The SMILES string of the molecule is [Mo+4].c1cnn([BH-](n2cccn2)n2cccn2)c1.c1cnn([BH-](n2cccn2)n2cccn2)c1.c1cnn([BH-](n2cccn2)n2cccn2)c1.c1cnn([BH-](n2cccn2)n2cccn2)c1. The summed E-state index contributed by atoms with van der Waals surface area (Å²) in [6.07, 6.45) is 44.1. The van der Waals surface area contributed by atoms with E-state index in [0.29, 0.717) is 0 Å². The normalized spacial score (nSPS) is 10.9. The van der Waals surface area contributed by atoms with Crippen LogP contribution in [0.25, 0.3) is 0 Å². The average molecular weight is 948 g/mol. The molecule has 0 saturated heterocycles. The Morgan fingerprint density at radius 3 is 0.323 bits per heavy atom. The molecule has 0 atom stereocenters. The third kappa shape index (κ3) is 10.4. The maximum atomic E-state index is 4.26. The van der Waals surface area contributed by atoms with Gasteiger partial charge in [-0.2, -0.15) is 0 Å². The standard InChI is InChI=1S/4C9H10BN6.Mo/c4*1-4-11-14(7-1)10(15-8-2-5-12-15)16-9-3-6-13-16;/h4*1-10H;/q4*-1;+4. The fraction of sp³-hybridized carbons (Fsp3) is 0. The van der Waals surface area contributed by atoms with E-state index in [1.165, 1.54) is 0 Å². The summed E-state index contributed by atoms with van der Waals surface area (Å²) in [6, 6.07) is 22.7. The molecule has 0 aliphatic carbocycles. The van der Waals surface area contributed by atoms with E-state index in [4.69, 9.17) is 0 Å². The molecule has 12 heterocycles. The summed E-state index contributed by atoms with van der Waals surface area (Å²) < 4.78 is 22.5. The summed E-state index contributed by atoms with van der Waals surface area (Å²) in [5.74, 6) is 0. The van der Waals surface area contributed by atoms with Crippen molar-refractivity contribution in [2.45, 2.75) is 0 Å². The van der Waals surface area contributed by atoms with Gasteiger partial charge in [-0.1, -0.05) is 0 Å². The zero-order chi connectivity index (χ0) is 43.2. The number of aromatic nitrogens is 24. The van der Waals surface area contributed by atoms with Crippen LogP contribution in [0.3, 0.4) is 0 Å². The Balaban J connectivity index is 0.000000118. The number of hydrogen-bond donors (Lipinski definition) is 0. The van der Waals surface area contributed by atoms with E-state index in [1.807, 2.05) is 202 Å². The minimum atomic E-state index is -1.12. The Labute approximate surface area is 385 Å².